The number of benzene rings is 1. The van der Waals surface area contributed by atoms with Crippen LogP contribution >= 0.6 is 0 Å². The first-order chi connectivity index (χ1) is 9.39. The molecule has 0 aliphatic rings. The molecule has 0 aliphatic carbocycles. The Kier molecular flexibility index (Phi) is 5.91. The first-order valence-electron chi connectivity index (χ1n) is 6.22. The van der Waals surface area contributed by atoms with Crippen LogP contribution in [0.15, 0.2) is 18.2 Å². The van der Waals surface area contributed by atoms with Gasteiger partial charge in [-0.15, -0.1) is 0 Å². The summed E-state index contributed by atoms with van der Waals surface area (Å²) in [6, 6.07) is 3.84. The van der Waals surface area contributed by atoms with Crippen molar-refractivity contribution in [2.75, 3.05) is 27.4 Å². The highest BCUT2D eigenvalue weighted by atomic mass is 19.1. The Morgan fingerprint density at radius 2 is 2.15 bits per heavy atom. The Labute approximate surface area is 117 Å². The van der Waals surface area contributed by atoms with E-state index >= 15 is 0 Å². The van der Waals surface area contributed by atoms with E-state index in [0.717, 1.165) is 6.07 Å². The minimum absolute atomic E-state index is 0.00351. The van der Waals surface area contributed by atoms with Gasteiger partial charge in [0.2, 0.25) is 0 Å². The van der Waals surface area contributed by atoms with E-state index in [2.05, 4.69) is 5.32 Å². The molecule has 0 aliphatic heterocycles. The van der Waals surface area contributed by atoms with Gasteiger partial charge in [0.1, 0.15) is 0 Å². The summed E-state index contributed by atoms with van der Waals surface area (Å²) in [5.41, 5.74) is -0.790. The van der Waals surface area contributed by atoms with E-state index in [1.54, 1.807) is 14.0 Å². The summed E-state index contributed by atoms with van der Waals surface area (Å²) < 4.78 is 22.9. The van der Waals surface area contributed by atoms with Crippen LogP contribution in [0.5, 0.6) is 5.75 Å². The van der Waals surface area contributed by atoms with Gasteiger partial charge in [0.05, 0.1) is 12.7 Å². The molecule has 0 radical (unpaired) electrons. The summed E-state index contributed by atoms with van der Waals surface area (Å²) in [5, 5.41) is 12.6. The number of rotatable bonds is 7. The van der Waals surface area contributed by atoms with Crippen molar-refractivity contribution in [3.8, 4) is 5.75 Å². The summed E-state index contributed by atoms with van der Waals surface area (Å²) >= 11 is 0. The monoisotopic (exact) mass is 285 g/mol. The molecule has 0 saturated heterocycles. The Hall–Kier alpha value is -1.66. The van der Waals surface area contributed by atoms with Crippen molar-refractivity contribution in [2.45, 2.75) is 18.9 Å². The second kappa shape index (κ2) is 7.21. The van der Waals surface area contributed by atoms with E-state index in [0.29, 0.717) is 13.0 Å². The number of nitrogens with one attached hydrogen (secondary N) is 1. The molecule has 0 heterocycles. The largest absolute Gasteiger partial charge is 0.494 e. The Bertz CT molecular complexity index is 462. The zero-order valence-electron chi connectivity index (χ0n) is 11.9. The molecule has 0 fully saturated rings. The Morgan fingerprint density at radius 1 is 1.45 bits per heavy atom. The third kappa shape index (κ3) is 4.79. The molecule has 1 unspecified atom stereocenters. The summed E-state index contributed by atoms with van der Waals surface area (Å²) in [4.78, 5) is 11.9. The molecule has 20 heavy (non-hydrogen) atoms. The smallest absolute Gasteiger partial charge is 0.251 e. The van der Waals surface area contributed by atoms with E-state index in [9.17, 15) is 14.3 Å². The molecule has 1 atom stereocenters. The lowest BCUT2D eigenvalue weighted by Crippen LogP contribution is -2.41. The molecule has 1 aromatic carbocycles. The Balaban J connectivity index is 2.63. The SMILES string of the molecule is COCCC(C)(O)CNC(=O)c1ccc(F)c(OC)c1. The fourth-order valence-electron chi connectivity index (χ4n) is 1.58. The van der Waals surface area contributed by atoms with Gasteiger partial charge in [0.25, 0.3) is 5.91 Å². The van der Waals surface area contributed by atoms with Crippen molar-refractivity contribution < 1.29 is 23.8 Å². The van der Waals surface area contributed by atoms with Crippen LogP contribution in [0.3, 0.4) is 0 Å². The fraction of sp³-hybridized carbons (Fsp3) is 0.500. The van der Waals surface area contributed by atoms with Gasteiger partial charge in [-0.05, 0) is 25.1 Å². The number of hydrogen-bond acceptors (Lipinski definition) is 4. The van der Waals surface area contributed by atoms with Gasteiger partial charge >= 0.3 is 0 Å². The van der Waals surface area contributed by atoms with Gasteiger partial charge in [-0.25, -0.2) is 4.39 Å². The van der Waals surface area contributed by atoms with Gasteiger partial charge in [0.15, 0.2) is 11.6 Å². The first-order valence-corrected chi connectivity index (χ1v) is 6.22. The van der Waals surface area contributed by atoms with Gasteiger partial charge < -0.3 is 19.9 Å². The third-order valence-corrected chi connectivity index (χ3v) is 2.89. The van der Waals surface area contributed by atoms with Crippen LogP contribution < -0.4 is 10.1 Å². The number of carbonyl (C=O) groups excluding carboxylic acids is 1. The average molecular weight is 285 g/mol. The summed E-state index contributed by atoms with van der Waals surface area (Å²) in [6.45, 7) is 2.08. The maximum absolute atomic E-state index is 13.2. The minimum atomic E-state index is -1.06. The maximum Gasteiger partial charge on any atom is 0.251 e. The highest BCUT2D eigenvalue weighted by Gasteiger charge is 2.21. The number of ether oxygens (including phenoxy) is 2. The van der Waals surface area contributed by atoms with E-state index in [1.807, 2.05) is 0 Å². The van der Waals surface area contributed by atoms with Crippen molar-refractivity contribution >= 4 is 5.91 Å². The molecule has 6 heteroatoms. The normalized spacial score (nSPS) is 13.7. The number of amides is 1. The second-order valence-corrected chi connectivity index (χ2v) is 4.77. The molecule has 0 aromatic heterocycles. The zero-order chi connectivity index (χ0) is 15.2. The highest BCUT2D eigenvalue weighted by Crippen LogP contribution is 2.18. The number of halogens is 1. The van der Waals surface area contributed by atoms with E-state index < -0.39 is 17.3 Å². The Morgan fingerprint density at radius 3 is 2.75 bits per heavy atom. The van der Waals surface area contributed by atoms with Gasteiger partial charge in [-0.1, -0.05) is 0 Å². The zero-order valence-corrected chi connectivity index (χ0v) is 11.9. The van der Waals surface area contributed by atoms with Crippen molar-refractivity contribution in [1.29, 1.82) is 0 Å². The van der Waals surface area contributed by atoms with Crippen LogP contribution in [0, 0.1) is 5.82 Å². The number of aliphatic hydroxyl groups is 1. The average Bonchev–Trinajstić information content (AvgIpc) is 2.43. The van der Waals surface area contributed by atoms with Crippen LogP contribution in [0.25, 0.3) is 0 Å². The van der Waals surface area contributed by atoms with Crippen LogP contribution in [-0.2, 0) is 4.74 Å². The van der Waals surface area contributed by atoms with Gasteiger partial charge in [-0.3, -0.25) is 4.79 Å². The molecule has 0 spiro atoms. The maximum atomic E-state index is 13.2. The van der Waals surface area contributed by atoms with Crippen molar-refractivity contribution in [3.63, 3.8) is 0 Å². The van der Waals surface area contributed by atoms with Gasteiger partial charge in [-0.2, -0.15) is 0 Å². The molecule has 112 valence electrons. The lowest BCUT2D eigenvalue weighted by atomic mass is 10.0. The van der Waals surface area contributed by atoms with E-state index in [-0.39, 0.29) is 17.9 Å². The van der Waals surface area contributed by atoms with E-state index in [1.165, 1.54) is 19.2 Å². The molecule has 0 saturated carbocycles. The topological polar surface area (TPSA) is 67.8 Å². The van der Waals surface area contributed by atoms with Crippen molar-refractivity contribution in [1.82, 2.24) is 5.32 Å². The molecule has 0 bridgehead atoms. The van der Waals surface area contributed by atoms with E-state index in [4.69, 9.17) is 9.47 Å². The molecule has 1 aromatic rings. The predicted molar refractivity (Wildman–Crippen MR) is 72.4 cm³/mol. The summed E-state index contributed by atoms with van der Waals surface area (Å²) in [5.74, 6) is -0.930. The standard InChI is InChI=1S/C14H20FNO4/c1-14(18,6-7-19-2)9-16-13(17)10-4-5-11(15)12(8-10)20-3/h4-5,8,18H,6-7,9H2,1-3H3,(H,16,17). The quantitative estimate of drug-likeness (QED) is 0.793. The number of carbonyl (C=O) groups is 1. The number of hydrogen-bond donors (Lipinski definition) is 2. The molecule has 5 nitrogen and oxygen atoms in total. The predicted octanol–water partition coefficient (Wildman–Crippen LogP) is 1.35. The lowest BCUT2D eigenvalue weighted by molar-refractivity contribution is 0.0243. The molecule has 2 N–H and O–H groups in total. The first kappa shape index (κ1) is 16.4. The second-order valence-electron chi connectivity index (χ2n) is 4.77. The van der Waals surface area contributed by atoms with Crippen LogP contribution in [-0.4, -0.2) is 44.0 Å². The fourth-order valence-corrected chi connectivity index (χ4v) is 1.58. The van der Waals surface area contributed by atoms with Crippen molar-refractivity contribution in [2.24, 2.45) is 0 Å². The molecular weight excluding hydrogens is 265 g/mol. The van der Waals surface area contributed by atoms with Crippen molar-refractivity contribution in [3.05, 3.63) is 29.6 Å². The molecular formula is C14H20FNO4. The molecule has 1 rings (SSSR count). The molecule has 1 amide bonds. The van der Waals surface area contributed by atoms with Crippen LogP contribution in [0.2, 0.25) is 0 Å². The minimum Gasteiger partial charge on any atom is -0.494 e. The highest BCUT2D eigenvalue weighted by molar-refractivity contribution is 5.94. The summed E-state index contributed by atoms with van der Waals surface area (Å²) in [7, 11) is 2.87. The van der Waals surface area contributed by atoms with Crippen LogP contribution in [0.1, 0.15) is 23.7 Å². The lowest BCUT2D eigenvalue weighted by Gasteiger charge is -2.23. The van der Waals surface area contributed by atoms with Gasteiger partial charge in [0, 0.05) is 32.2 Å². The van der Waals surface area contributed by atoms with Crippen LogP contribution in [0.4, 0.5) is 4.39 Å². The summed E-state index contributed by atoms with van der Waals surface area (Å²) in [6.07, 6.45) is 0.399. The third-order valence-electron chi connectivity index (χ3n) is 2.89. The number of methoxy groups -OCH3 is 2.